The maximum absolute atomic E-state index is 12.1. The third-order valence-corrected chi connectivity index (χ3v) is 4.15. The first-order valence-electron chi connectivity index (χ1n) is 6.74. The van der Waals surface area contributed by atoms with Crippen molar-refractivity contribution in [1.29, 1.82) is 0 Å². The monoisotopic (exact) mass is 260 g/mol. The fourth-order valence-corrected chi connectivity index (χ4v) is 2.97. The van der Waals surface area contributed by atoms with Crippen LogP contribution in [0, 0.1) is 5.92 Å². The molecule has 1 atom stereocenters. The van der Waals surface area contributed by atoms with Crippen LogP contribution in [0.2, 0.25) is 0 Å². The van der Waals surface area contributed by atoms with Crippen LogP contribution in [-0.2, 0) is 4.79 Å². The summed E-state index contributed by atoms with van der Waals surface area (Å²) in [6.07, 6.45) is 8.34. The Balaban J connectivity index is 0.00000144. The van der Waals surface area contributed by atoms with Crippen molar-refractivity contribution in [3.05, 3.63) is 0 Å². The van der Waals surface area contributed by atoms with Crippen molar-refractivity contribution in [3.8, 4) is 0 Å². The highest BCUT2D eigenvalue weighted by atomic mass is 35.5. The normalized spacial score (nSPS) is 25.4. The summed E-state index contributed by atoms with van der Waals surface area (Å²) in [4.78, 5) is 14.1. The van der Waals surface area contributed by atoms with Crippen molar-refractivity contribution in [2.24, 2.45) is 5.92 Å². The third-order valence-electron chi connectivity index (χ3n) is 4.15. The van der Waals surface area contributed by atoms with Crippen LogP contribution < -0.4 is 5.32 Å². The molecule has 2 rings (SSSR count). The molecule has 0 aromatic carbocycles. The summed E-state index contributed by atoms with van der Waals surface area (Å²) in [5.41, 5.74) is 0. The molecule has 100 valence electrons. The molecule has 0 spiro atoms. The van der Waals surface area contributed by atoms with Crippen LogP contribution in [0.15, 0.2) is 0 Å². The summed E-state index contributed by atoms with van der Waals surface area (Å²) in [6.45, 7) is 2.09. The molecule has 1 heterocycles. The van der Waals surface area contributed by atoms with Crippen LogP contribution in [0.5, 0.6) is 0 Å². The molecule has 2 fully saturated rings. The molecule has 1 amide bonds. The van der Waals surface area contributed by atoms with Crippen molar-refractivity contribution >= 4 is 18.3 Å². The van der Waals surface area contributed by atoms with Crippen molar-refractivity contribution in [2.45, 2.75) is 51.0 Å². The van der Waals surface area contributed by atoms with E-state index in [1.54, 1.807) is 0 Å². The molecule has 0 unspecified atom stereocenters. The number of rotatable bonds is 3. The van der Waals surface area contributed by atoms with Crippen LogP contribution in [0.4, 0.5) is 0 Å². The molecule has 1 saturated heterocycles. The largest absolute Gasteiger partial charge is 0.341 e. The predicted molar refractivity (Wildman–Crippen MR) is 72.5 cm³/mol. The van der Waals surface area contributed by atoms with E-state index < -0.39 is 0 Å². The van der Waals surface area contributed by atoms with E-state index in [0.717, 1.165) is 19.5 Å². The molecule has 1 N–H and O–H groups in total. The van der Waals surface area contributed by atoms with Gasteiger partial charge in [0.1, 0.15) is 0 Å². The summed E-state index contributed by atoms with van der Waals surface area (Å²) in [7, 11) is 1.98. The Labute approximate surface area is 111 Å². The molecule has 3 nitrogen and oxygen atoms in total. The highest BCUT2D eigenvalue weighted by Crippen LogP contribution is 2.28. The second-order valence-corrected chi connectivity index (χ2v) is 5.36. The van der Waals surface area contributed by atoms with Gasteiger partial charge in [-0.05, 0) is 38.1 Å². The summed E-state index contributed by atoms with van der Waals surface area (Å²) >= 11 is 0. The summed E-state index contributed by atoms with van der Waals surface area (Å²) in [5.74, 6) is 1.03. The number of piperidine rings is 1. The number of amides is 1. The van der Waals surface area contributed by atoms with Gasteiger partial charge < -0.3 is 10.2 Å². The first kappa shape index (κ1) is 14.8. The zero-order valence-electron chi connectivity index (χ0n) is 10.8. The van der Waals surface area contributed by atoms with Crippen LogP contribution in [-0.4, -0.2) is 37.0 Å². The molecule has 4 heteroatoms. The number of hydrogen-bond acceptors (Lipinski definition) is 2. The van der Waals surface area contributed by atoms with E-state index in [2.05, 4.69) is 5.32 Å². The number of hydrogen-bond donors (Lipinski definition) is 1. The van der Waals surface area contributed by atoms with Crippen LogP contribution >= 0.6 is 12.4 Å². The lowest BCUT2D eigenvalue weighted by Crippen LogP contribution is -2.46. The summed E-state index contributed by atoms with van der Waals surface area (Å²) in [5, 5.41) is 3.37. The minimum Gasteiger partial charge on any atom is -0.341 e. The van der Waals surface area contributed by atoms with Crippen molar-refractivity contribution in [3.63, 3.8) is 0 Å². The Kier molecular flexibility index (Phi) is 6.28. The van der Waals surface area contributed by atoms with Crippen LogP contribution in [0.3, 0.4) is 0 Å². The molecule has 0 radical (unpaired) electrons. The van der Waals surface area contributed by atoms with E-state index >= 15 is 0 Å². The van der Waals surface area contributed by atoms with Gasteiger partial charge in [0, 0.05) is 26.1 Å². The zero-order valence-corrected chi connectivity index (χ0v) is 11.6. The minimum absolute atomic E-state index is 0. The second kappa shape index (κ2) is 7.22. The first-order valence-corrected chi connectivity index (χ1v) is 6.74. The molecule has 0 aromatic rings. The lowest BCUT2D eigenvalue weighted by Gasteiger charge is -2.32. The number of nitrogens with zero attached hydrogens (tertiary/aromatic N) is 1. The average Bonchev–Trinajstić information content (AvgIpc) is 2.82. The first-order chi connectivity index (χ1) is 7.77. The Morgan fingerprint density at radius 1 is 1.24 bits per heavy atom. The SMILES string of the molecule is CN(C(=O)CC1CCCC1)[C@@H]1CCCNC1.Cl. The fourth-order valence-electron chi connectivity index (χ4n) is 2.97. The van der Waals surface area contributed by atoms with Crippen LogP contribution in [0.25, 0.3) is 0 Å². The molecule has 17 heavy (non-hydrogen) atoms. The number of carbonyl (C=O) groups is 1. The van der Waals surface area contributed by atoms with Crippen molar-refractivity contribution < 1.29 is 4.79 Å². The fraction of sp³-hybridized carbons (Fsp3) is 0.923. The third kappa shape index (κ3) is 4.14. The van der Waals surface area contributed by atoms with Gasteiger partial charge in [0.15, 0.2) is 0 Å². The van der Waals surface area contributed by atoms with Crippen molar-refractivity contribution in [2.75, 3.05) is 20.1 Å². The molecule has 1 aliphatic carbocycles. The smallest absolute Gasteiger partial charge is 0.222 e. The summed E-state index contributed by atoms with van der Waals surface area (Å²) < 4.78 is 0. The lowest BCUT2D eigenvalue weighted by molar-refractivity contribution is -0.133. The van der Waals surface area contributed by atoms with Gasteiger partial charge in [-0.25, -0.2) is 0 Å². The summed E-state index contributed by atoms with van der Waals surface area (Å²) in [6, 6.07) is 0.433. The van der Waals surface area contributed by atoms with Gasteiger partial charge >= 0.3 is 0 Å². The number of likely N-dealkylation sites (N-methyl/N-ethyl adjacent to an activating group) is 1. The average molecular weight is 261 g/mol. The minimum atomic E-state index is 0. The topological polar surface area (TPSA) is 32.3 Å². The van der Waals surface area contributed by atoms with Gasteiger partial charge in [-0.15, -0.1) is 12.4 Å². The van der Waals surface area contributed by atoms with Gasteiger partial charge in [-0.2, -0.15) is 0 Å². The van der Waals surface area contributed by atoms with E-state index in [1.807, 2.05) is 11.9 Å². The molecular weight excluding hydrogens is 236 g/mol. The Morgan fingerprint density at radius 3 is 2.53 bits per heavy atom. The molecule has 1 aliphatic heterocycles. The van der Waals surface area contributed by atoms with E-state index in [1.165, 1.54) is 38.5 Å². The number of nitrogens with one attached hydrogen (secondary N) is 1. The van der Waals surface area contributed by atoms with Gasteiger partial charge in [0.05, 0.1) is 0 Å². The maximum Gasteiger partial charge on any atom is 0.222 e. The highest BCUT2D eigenvalue weighted by Gasteiger charge is 2.25. The van der Waals surface area contributed by atoms with Gasteiger partial charge in [-0.3, -0.25) is 4.79 Å². The number of carbonyl (C=O) groups excluding carboxylic acids is 1. The highest BCUT2D eigenvalue weighted by molar-refractivity contribution is 5.85. The quantitative estimate of drug-likeness (QED) is 0.844. The van der Waals surface area contributed by atoms with Gasteiger partial charge in [-0.1, -0.05) is 12.8 Å². The predicted octanol–water partition coefficient (Wildman–Crippen LogP) is 2.20. The molecule has 1 saturated carbocycles. The Morgan fingerprint density at radius 2 is 1.94 bits per heavy atom. The molecule has 2 aliphatic rings. The van der Waals surface area contributed by atoms with Gasteiger partial charge in [0.25, 0.3) is 0 Å². The zero-order chi connectivity index (χ0) is 11.4. The van der Waals surface area contributed by atoms with E-state index in [-0.39, 0.29) is 12.4 Å². The van der Waals surface area contributed by atoms with Gasteiger partial charge in [0.2, 0.25) is 5.91 Å². The Hall–Kier alpha value is -0.280. The van der Waals surface area contributed by atoms with E-state index in [4.69, 9.17) is 0 Å². The van der Waals surface area contributed by atoms with E-state index in [0.29, 0.717) is 17.9 Å². The molecule has 0 bridgehead atoms. The van der Waals surface area contributed by atoms with E-state index in [9.17, 15) is 4.79 Å². The van der Waals surface area contributed by atoms with Crippen molar-refractivity contribution in [1.82, 2.24) is 10.2 Å². The Bertz CT molecular complexity index is 236. The number of halogens is 1. The molecule has 0 aromatic heterocycles. The molecular formula is C13H25ClN2O. The maximum atomic E-state index is 12.1. The standard InChI is InChI=1S/C13H24N2O.ClH/c1-15(12-7-4-8-14-10-12)13(16)9-11-5-2-3-6-11;/h11-12,14H,2-10H2,1H3;1H/t12-;/m1./s1. The lowest BCUT2D eigenvalue weighted by atomic mass is 10.0. The van der Waals surface area contributed by atoms with Crippen LogP contribution in [0.1, 0.15) is 44.9 Å². The second-order valence-electron chi connectivity index (χ2n) is 5.36.